The summed E-state index contributed by atoms with van der Waals surface area (Å²) in [5.41, 5.74) is 4.79. The second-order valence-electron chi connectivity index (χ2n) is 5.97. The lowest BCUT2D eigenvalue weighted by Crippen LogP contribution is -2.01. The van der Waals surface area contributed by atoms with Crippen molar-refractivity contribution in [2.45, 2.75) is 20.5 Å². The molecule has 0 aliphatic rings. The van der Waals surface area contributed by atoms with Gasteiger partial charge in [0, 0.05) is 30.1 Å². The third kappa shape index (κ3) is 3.63. The molecule has 0 amide bonds. The van der Waals surface area contributed by atoms with Crippen LogP contribution >= 0.6 is 0 Å². The van der Waals surface area contributed by atoms with Crippen molar-refractivity contribution in [3.63, 3.8) is 0 Å². The molecule has 25 heavy (non-hydrogen) atoms. The van der Waals surface area contributed by atoms with E-state index in [1.807, 2.05) is 56.4 Å². The molecular formula is C21H21FN2O. The number of ether oxygens (including phenoxy) is 1. The highest BCUT2D eigenvalue weighted by Gasteiger charge is 2.11. The first-order valence-electron chi connectivity index (χ1n) is 8.20. The second-order valence-corrected chi connectivity index (χ2v) is 5.97. The molecule has 2 aromatic carbocycles. The van der Waals surface area contributed by atoms with Crippen molar-refractivity contribution in [1.29, 1.82) is 0 Å². The van der Waals surface area contributed by atoms with Gasteiger partial charge in [0.05, 0.1) is 0 Å². The number of pyridine rings is 1. The minimum atomic E-state index is -0.279. The Morgan fingerprint density at radius 1 is 1.04 bits per heavy atom. The van der Waals surface area contributed by atoms with E-state index in [2.05, 4.69) is 10.3 Å². The Bertz CT molecular complexity index is 893. The van der Waals surface area contributed by atoms with Gasteiger partial charge in [-0.15, -0.1) is 0 Å². The molecule has 4 heteroatoms. The van der Waals surface area contributed by atoms with E-state index in [1.54, 1.807) is 19.2 Å². The minimum Gasteiger partial charge on any atom is -0.489 e. The summed E-state index contributed by atoms with van der Waals surface area (Å²) in [6, 6.07) is 15.3. The second kappa shape index (κ2) is 7.34. The van der Waals surface area contributed by atoms with Crippen molar-refractivity contribution in [3.05, 3.63) is 77.2 Å². The molecule has 0 aliphatic heterocycles. The Morgan fingerprint density at radius 3 is 2.60 bits per heavy atom. The molecule has 0 bridgehead atoms. The summed E-state index contributed by atoms with van der Waals surface area (Å²) in [5.74, 6) is 0.501. The fourth-order valence-corrected chi connectivity index (χ4v) is 2.75. The van der Waals surface area contributed by atoms with E-state index in [0.717, 1.165) is 28.1 Å². The van der Waals surface area contributed by atoms with E-state index in [0.29, 0.717) is 17.9 Å². The number of hydrogen-bond donors (Lipinski definition) is 1. The van der Waals surface area contributed by atoms with Crippen molar-refractivity contribution in [1.82, 2.24) is 4.98 Å². The normalized spacial score (nSPS) is 10.6. The molecule has 1 N–H and O–H groups in total. The van der Waals surface area contributed by atoms with Crippen LogP contribution in [-0.2, 0) is 6.61 Å². The van der Waals surface area contributed by atoms with Gasteiger partial charge in [-0.05, 0) is 55.3 Å². The molecule has 1 heterocycles. The number of aromatic nitrogens is 1. The van der Waals surface area contributed by atoms with Gasteiger partial charge < -0.3 is 10.1 Å². The van der Waals surface area contributed by atoms with E-state index >= 15 is 0 Å². The van der Waals surface area contributed by atoms with Crippen LogP contribution in [0.5, 0.6) is 5.75 Å². The molecule has 0 aliphatic carbocycles. The molecule has 0 saturated heterocycles. The van der Waals surface area contributed by atoms with Crippen LogP contribution in [0.15, 0.2) is 54.7 Å². The van der Waals surface area contributed by atoms with Crippen LogP contribution in [0.2, 0.25) is 0 Å². The van der Waals surface area contributed by atoms with Crippen LogP contribution < -0.4 is 10.1 Å². The molecule has 128 valence electrons. The van der Waals surface area contributed by atoms with Crippen LogP contribution in [0.25, 0.3) is 11.3 Å². The van der Waals surface area contributed by atoms with Crippen LogP contribution in [0.4, 0.5) is 10.1 Å². The number of hydrogen-bond acceptors (Lipinski definition) is 3. The van der Waals surface area contributed by atoms with Gasteiger partial charge in [-0.1, -0.05) is 18.2 Å². The maximum atomic E-state index is 14.3. The number of anilines is 1. The highest BCUT2D eigenvalue weighted by Crippen LogP contribution is 2.28. The maximum absolute atomic E-state index is 14.3. The first-order valence-corrected chi connectivity index (χ1v) is 8.20. The number of para-hydroxylation sites is 1. The summed E-state index contributed by atoms with van der Waals surface area (Å²) in [5, 5.41) is 3.16. The van der Waals surface area contributed by atoms with Gasteiger partial charge in [0.15, 0.2) is 5.82 Å². The lowest BCUT2D eigenvalue weighted by Gasteiger charge is -2.13. The number of rotatable bonds is 5. The maximum Gasteiger partial charge on any atom is 0.152 e. The number of halogens is 1. The average molecular weight is 336 g/mol. The monoisotopic (exact) mass is 336 g/mol. The first-order chi connectivity index (χ1) is 12.1. The van der Waals surface area contributed by atoms with Crippen molar-refractivity contribution >= 4 is 5.69 Å². The predicted molar refractivity (Wildman–Crippen MR) is 99.4 cm³/mol. The number of nitrogens with zero attached hydrogens (tertiary/aromatic N) is 1. The summed E-state index contributed by atoms with van der Waals surface area (Å²) in [6.45, 7) is 4.16. The van der Waals surface area contributed by atoms with Gasteiger partial charge in [0.2, 0.25) is 0 Å². The zero-order valence-corrected chi connectivity index (χ0v) is 14.6. The molecular weight excluding hydrogens is 315 g/mol. The average Bonchev–Trinajstić information content (AvgIpc) is 2.63. The lowest BCUT2D eigenvalue weighted by molar-refractivity contribution is 0.305. The predicted octanol–water partition coefficient (Wildman–Crippen LogP) is 5.13. The summed E-state index contributed by atoms with van der Waals surface area (Å²) in [6.07, 6.45) is 1.63. The van der Waals surface area contributed by atoms with Gasteiger partial charge >= 0.3 is 0 Å². The Balaban J connectivity index is 1.82. The van der Waals surface area contributed by atoms with E-state index in [9.17, 15) is 4.39 Å². The highest BCUT2D eigenvalue weighted by atomic mass is 19.1. The zero-order valence-electron chi connectivity index (χ0n) is 14.6. The largest absolute Gasteiger partial charge is 0.489 e. The molecule has 3 rings (SSSR count). The summed E-state index contributed by atoms with van der Waals surface area (Å²) in [7, 11) is 1.89. The molecule has 3 aromatic rings. The first kappa shape index (κ1) is 17.0. The summed E-state index contributed by atoms with van der Waals surface area (Å²) >= 11 is 0. The molecule has 0 saturated carbocycles. The minimum absolute atomic E-state index is 0.279. The molecule has 3 nitrogen and oxygen atoms in total. The van der Waals surface area contributed by atoms with Crippen molar-refractivity contribution < 1.29 is 9.13 Å². The Labute approximate surface area is 147 Å². The molecule has 0 spiro atoms. The molecule has 0 unspecified atom stereocenters. The van der Waals surface area contributed by atoms with E-state index in [4.69, 9.17) is 4.74 Å². The molecule has 0 fully saturated rings. The van der Waals surface area contributed by atoms with Crippen molar-refractivity contribution in [2.75, 3.05) is 12.4 Å². The summed E-state index contributed by atoms with van der Waals surface area (Å²) in [4.78, 5) is 4.17. The topological polar surface area (TPSA) is 34.1 Å². The van der Waals surface area contributed by atoms with Gasteiger partial charge in [-0.2, -0.15) is 0 Å². The van der Waals surface area contributed by atoms with Crippen molar-refractivity contribution in [3.8, 4) is 17.0 Å². The zero-order chi connectivity index (χ0) is 17.8. The number of nitrogens with one attached hydrogen (secondary N) is 1. The van der Waals surface area contributed by atoms with Crippen LogP contribution in [0, 0.1) is 19.7 Å². The summed E-state index contributed by atoms with van der Waals surface area (Å²) < 4.78 is 20.2. The standard InChI is InChI=1S/C21H21FN2O/c1-14-10-11-24-21(20(14)22)16-8-9-19(15(2)12-16)25-13-17-6-4-5-7-18(17)23-3/h4-12,23H,13H2,1-3H3. The van der Waals surface area contributed by atoms with E-state index in [1.165, 1.54) is 0 Å². The van der Waals surface area contributed by atoms with Gasteiger partial charge in [0.25, 0.3) is 0 Å². The molecule has 0 atom stereocenters. The van der Waals surface area contributed by atoms with Gasteiger partial charge in [-0.3, -0.25) is 4.98 Å². The Hall–Kier alpha value is -2.88. The van der Waals surface area contributed by atoms with Crippen LogP contribution in [-0.4, -0.2) is 12.0 Å². The van der Waals surface area contributed by atoms with E-state index in [-0.39, 0.29) is 5.82 Å². The third-order valence-electron chi connectivity index (χ3n) is 4.20. The van der Waals surface area contributed by atoms with Crippen LogP contribution in [0.3, 0.4) is 0 Å². The molecule has 0 radical (unpaired) electrons. The SMILES string of the molecule is CNc1ccccc1COc1ccc(-c2nccc(C)c2F)cc1C. The van der Waals surface area contributed by atoms with Crippen LogP contribution in [0.1, 0.15) is 16.7 Å². The van der Waals surface area contributed by atoms with Gasteiger partial charge in [-0.25, -0.2) is 4.39 Å². The molecule has 1 aromatic heterocycles. The Kier molecular flexibility index (Phi) is 4.98. The quantitative estimate of drug-likeness (QED) is 0.702. The van der Waals surface area contributed by atoms with E-state index < -0.39 is 0 Å². The smallest absolute Gasteiger partial charge is 0.152 e. The number of benzene rings is 2. The third-order valence-corrected chi connectivity index (χ3v) is 4.20. The van der Waals surface area contributed by atoms with Gasteiger partial charge in [0.1, 0.15) is 18.1 Å². The lowest BCUT2D eigenvalue weighted by atomic mass is 10.1. The highest BCUT2D eigenvalue weighted by molar-refractivity contribution is 5.63. The fourth-order valence-electron chi connectivity index (χ4n) is 2.75. The van der Waals surface area contributed by atoms with Crippen molar-refractivity contribution in [2.24, 2.45) is 0 Å². The number of aryl methyl sites for hydroxylation is 2. The Morgan fingerprint density at radius 2 is 1.84 bits per heavy atom. The fraction of sp³-hybridized carbons (Fsp3) is 0.190.